The zero-order valence-corrected chi connectivity index (χ0v) is 12.5. The fraction of sp³-hybridized carbons (Fsp3) is 0.733. The van der Waals surface area contributed by atoms with Crippen LogP contribution in [0, 0.1) is 5.41 Å². The Morgan fingerprint density at radius 2 is 2.38 bits per heavy atom. The summed E-state index contributed by atoms with van der Waals surface area (Å²) in [5.74, 6) is 0.280. The van der Waals surface area contributed by atoms with E-state index in [1.807, 2.05) is 15.7 Å². The van der Waals surface area contributed by atoms with Gasteiger partial charge in [-0.05, 0) is 19.3 Å². The fourth-order valence-corrected chi connectivity index (χ4v) is 2.98. The molecule has 0 N–H and O–H groups in total. The smallest absolute Gasteiger partial charge is 0.230 e. The van der Waals surface area contributed by atoms with Crippen molar-refractivity contribution in [2.24, 2.45) is 5.41 Å². The van der Waals surface area contributed by atoms with E-state index in [9.17, 15) is 4.79 Å². The minimum Gasteiger partial charge on any atom is -0.385 e. The van der Waals surface area contributed by atoms with E-state index in [0.29, 0.717) is 26.3 Å². The number of carbonyl (C=O) groups excluding carboxylic acids is 1. The van der Waals surface area contributed by atoms with Crippen LogP contribution in [0.15, 0.2) is 18.7 Å². The first-order valence-corrected chi connectivity index (χ1v) is 7.59. The molecule has 1 saturated heterocycles. The molecule has 2 fully saturated rings. The van der Waals surface area contributed by atoms with Gasteiger partial charge in [0.25, 0.3) is 0 Å². The second kappa shape index (κ2) is 6.15. The van der Waals surface area contributed by atoms with E-state index in [0.717, 1.165) is 25.8 Å². The summed E-state index contributed by atoms with van der Waals surface area (Å²) in [6, 6.07) is 0. The number of carbonyl (C=O) groups is 1. The van der Waals surface area contributed by atoms with Crippen LogP contribution in [0.2, 0.25) is 0 Å². The molecule has 1 aliphatic carbocycles. The maximum Gasteiger partial charge on any atom is 0.230 e. The standard InChI is InChI=1S/C15H23N3O3/c1-20-8-2-13-10-18(7-9-21-13)14(19)15(3-4-15)11-17-6-5-16-12-17/h5-6,12-13H,2-4,7-11H2,1H3/t13-/m1/s1. The predicted molar refractivity (Wildman–Crippen MR) is 76.7 cm³/mol. The van der Waals surface area contributed by atoms with Gasteiger partial charge in [0.1, 0.15) is 0 Å². The third kappa shape index (κ3) is 3.27. The third-order valence-electron chi connectivity index (χ3n) is 4.42. The Morgan fingerprint density at radius 1 is 1.52 bits per heavy atom. The van der Waals surface area contributed by atoms with Crippen LogP contribution in [0.3, 0.4) is 0 Å². The van der Waals surface area contributed by atoms with Gasteiger partial charge in [-0.3, -0.25) is 4.79 Å². The maximum absolute atomic E-state index is 12.8. The quantitative estimate of drug-likeness (QED) is 0.783. The number of aromatic nitrogens is 2. The summed E-state index contributed by atoms with van der Waals surface area (Å²) in [5.41, 5.74) is -0.205. The molecule has 0 bridgehead atoms. The first kappa shape index (κ1) is 14.5. The Balaban J connectivity index is 1.59. The van der Waals surface area contributed by atoms with E-state index in [1.165, 1.54) is 0 Å². The number of amides is 1. The lowest BCUT2D eigenvalue weighted by Crippen LogP contribution is -2.49. The van der Waals surface area contributed by atoms with E-state index in [1.54, 1.807) is 19.6 Å². The van der Waals surface area contributed by atoms with Gasteiger partial charge in [0.2, 0.25) is 5.91 Å². The number of methoxy groups -OCH3 is 1. The molecule has 1 aromatic heterocycles. The predicted octanol–water partition coefficient (Wildman–Crippen LogP) is 0.927. The highest BCUT2D eigenvalue weighted by Gasteiger charge is 2.52. The normalized spacial score (nSPS) is 24.0. The van der Waals surface area contributed by atoms with Crippen LogP contribution in [0.5, 0.6) is 0 Å². The molecule has 2 heterocycles. The first-order valence-electron chi connectivity index (χ1n) is 7.59. The van der Waals surface area contributed by atoms with Crippen molar-refractivity contribution >= 4 is 5.91 Å². The Labute approximate surface area is 125 Å². The van der Waals surface area contributed by atoms with Gasteiger partial charge in [-0.1, -0.05) is 0 Å². The molecule has 6 nitrogen and oxygen atoms in total. The van der Waals surface area contributed by atoms with Gasteiger partial charge in [0, 0.05) is 45.7 Å². The van der Waals surface area contributed by atoms with Crippen LogP contribution in [0.25, 0.3) is 0 Å². The minimum absolute atomic E-state index is 0.103. The van der Waals surface area contributed by atoms with Crippen molar-refractivity contribution in [1.29, 1.82) is 0 Å². The Hall–Kier alpha value is -1.40. The van der Waals surface area contributed by atoms with Crippen LogP contribution >= 0.6 is 0 Å². The van der Waals surface area contributed by atoms with Crippen LogP contribution in [0.1, 0.15) is 19.3 Å². The number of morpholine rings is 1. The highest BCUT2D eigenvalue weighted by Crippen LogP contribution is 2.48. The lowest BCUT2D eigenvalue weighted by Gasteiger charge is -2.35. The molecule has 3 rings (SSSR count). The molecular formula is C15H23N3O3. The molecule has 1 atom stereocenters. The fourth-order valence-electron chi connectivity index (χ4n) is 2.98. The van der Waals surface area contributed by atoms with E-state index in [2.05, 4.69) is 4.98 Å². The topological polar surface area (TPSA) is 56.6 Å². The zero-order valence-electron chi connectivity index (χ0n) is 12.5. The van der Waals surface area contributed by atoms with Crippen molar-refractivity contribution in [3.05, 3.63) is 18.7 Å². The molecule has 1 aliphatic heterocycles. The van der Waals surface area contributed by atoms with Crippen LogP contribution < -0.4 is 0 Å². The number of ether oxygens (including phenoxy) is 2. The van der Waals surface area contributed by atoms with Gasteiger partial charge in [-0.25, -0.2) is 4.98 Å². The summed E-state index contributed by atoms with van der Waals surface area (Å²) >= 11 is 0. The second-order valence-corrected chi connectivity index (χ2v) is 6.04. The number of imidazole rings is 1. The molecule has 0 aromatic carbocycles. The van der Waals surface area contributed by atoms with Crippen molar-refractivity contribution in [1.82, 2.24) is 14.5 Å². The lowest BCUT2D eigenvalue weighted by atomic mass is 10.0. The summed E-state index contributed by atoms with van der Waals surface area (Å²) in [5, 5.41) is 0. The van der Waals surface area contributed by atoms with Crippen LogP contribution in [-0.2, 0) is 20.8 Å². The number of hydrogen-bond donors (Lipinski definition) is 0. The first-order chi connectivity index (χ1) is 10.2. The molecular weight excluding hydrogens is 270 g/mol. The zero-order chi connectivity index (χ0) is 14.7. The highest BCUT2D eigenvalue weighted by atomic mass is 16.5. The molecule has 0 unspecified atom stereocenters. The van der Waals surface area contributed by atoms with E-state index < -0.39 is 0 Å². The Morgan fingerprint density at radius 3 is 3.05 bits per heavy atom. The third-order valence-corrected chi connectivity index (χ3v) is 4.42. The molecule has 21 heavy (non-hydrogen) atoms. The maximum atomic E-state index is 12.8. The Kier molecular flexibility index (Phi) is 4.26. The highest BCUT2D eigenvalue weighted by molar-refractivity contribution is 5.85. The number of rotatable bonds is 6. The van der Waals surface area contributed by atoms with Crippen LogP contribution in [0.4, 0.5) is 0 Å². The van der Waals surface area contributed by atoms with Gasteiger partial charge >= 0.3 is 0 Å². The van der Waals surface area contributed by atoms with Gasteiger partial charge in [0.15, 0.2) is 0 Å². The average molecular weight is 293 g/mol. The summed E-state index contributed by atoms with van der Waals surface area (Å²) < 4.78 is 12.8. The van der Waals surface area contributed by atoms with Crippen molar-refractivity contribution < 1.29 is 14.3 Å². The molecule has 0 spiro atoms. The number of hydrogen-bond acceptors (Lipinski definition) is 4. The summed E-state index contributed by atoms with van der Waals surface area (Å²) in [4.78, 5) is 18.9. The second-order valence-electron chi connectivity index (χ2n) is 6.04. The average Bonchev–Trinajstić information content (AvgIpc) is 3.11. The van der Waals surface area contributed by atoms with Gasteiger partial charge in [-0.15, -0.1) is 0 Å². The molecule has 6 heteroatoms. The van der Waals surface area contributed by atoms with E-state index >= 15 is 0 Å². The molecule has 1 aromatic rings. The van der Waals surface area contributed by atoms with Crippen molar-refractivity contribution in [2.75, 3.05) is 33.4 Å². The van der Waals surface area contributed by atoms with E-state index in [-0.39, 0.29) is 17.4 Å². The van der Waals surface area contributed by atoms with Crippen LogP contribution in [-0.4, -0.2) is 59.9 Å². The summed E-state index contributed by atoms with van der Waals surface area (Å²) in [6.07, 6.45) is 8.37. The SMILES string of the molecule is COCC[C@@H]1CN(C(=O)C2(Cn3ccnc3)CC2)CCO1. The summed E-state index contributed by atoms with van der Waals surface area (Å²) in [7, 11) is 1.69. The molecule has 2 aliphatic rings. The molecule has 116 valence electrons. The van der Waals surface area contributed by atoms with E-state index in [4.69, 9.17) is 9.47 Å². The summed E-state index contributed by atoms with van der Waals surface area (Å²) in [6.45, 7) is 3.43. The minimum atomic E-state index is -0.205. The van der Waals surface area contributed by atoms with Gasteiger partial charge in [-0.2, -0.15) is 0 Å². The number of nitrogens with zero attached hydrogens (tertiary/aromatic N) is 3. The van der Waals surface area contributed by atoms with Crippen molar-refractivity contribution in [3.8, 4) is 0 Å². The lowest BCUT2D eigenvalue weighted by molar-refractivity contribution is -0.145. The monoisotopic (exact) mass is 293 g/mol. The van der Waals surface area contributed by atoms with Gasteiger partial charge in [0.05, 0.1) is 24.5 Å². The largest absolute Gasteiger partial charge is 0.385 e. The molecule has 0 radical (unpaired) electrons. The Bertz CT molecular complexity index is 471. The van der Waals surface area contributed by atoms with Crippen molar-refractivity contribution in [2.45, 2.75) is 31.9 Å². The molecule has 1 saturated carbocycles. The van der Waals surface area contributed by atoms with Crippen molar-refractivity contribution in [3.63, 3.8) is 0 Å². The van der Waals surface area contributed by atoms with Gasteiger partial charge < -0.3 is 18.9 Å². The molecule has 1 amide bonds.